The summed E-state index contributed by atoms with van der Waals surface area (Å²) in [6.45, 7) is 1.41. The second-order valence-corrected chi connectivity index (χ2v) is 1.63. The van der Waals surface area contributed by atoms with Crippen LogP contribution in [0.25, 0.3) is 0 Å². The second-order valence-electron chi connectivity index (χ2n) is 1.63. The topological polar surface area (TPSA) is 55.8 Å². The number of carbonyl (C=O) groups is 1. The van der Waals surface area contributed by atoms with E-state index < -0.39 is 5.97 Å². The normalized spacial score (nSPS) is 8.30. The van der Waals surface area contributed by atoms with E-state index in [1.165, 1.54) is 21.1 Å². The van der Waals surface area contributed by atoms with Crippen molar-refractivity contribution in [3.05, 3.63) is 11.5 Å². The Bertz CT molecular complexity index is 153. The highest BCUT2D eigenvalue weighted by atomic mass is 16.7. The zero-order valence-corrected chi connectivity index (χ0v) is 6.17. The smallest absolute Gasteiger partial charge is 0.338 e. The first-order valence-electron chi connectivity index (χ1n) is 2.65. The Morgan fingerprint density at radius 2 is 1.70 bits per heavy atom. The van der Waals surface area contributed by atoms with Gasteiger partial charge in [-0.25, -0.2) is 4.79 Å². The van der Waals surface area contributed by atoms with Crippen LogP contribution >= 0.6 is 0 Å². The largest absolute Gasteiger partial charge is 0.478 e. The third-order valence-corrected chi connectivity index (χ3v) is 0.998. The first kappa shape index (κ1) is 8.81. The van der Waals surface area contributed by atoms with Gasteiger partial charge in [0.2, 0.25) is 0 Å². The molecule has 58 valence electrons. The zero-order chi connectivity index (χ0) is 8.15. The summed E-state index contributed by atoms with van der Waals surface area (Å²) in [7, 11) is 2.70. The van der Waals surface area contributed by atoms with Crippen LogP contribution in [0.3, 0.4) is 0 Å². The third-order valence-electron chi connectivity index (χ3n) is 0.998. The highest BCUT2D eigenvalue weighted by molar-refractivity contribution is 5.86. The fourth-order valence-corrected chi connectivity index (χ4v) is 0.477. The van der Waals surface area contributed by atoms with Gasteiger partial charge in [0.25, 0.3) is 5.95 Å². The van der Waals surface area contributed by atoms with Crippen molar-refractivity contribution in [2.45, 2.75) is 6.92 Å². The standard InChI is InChI=1S/C6H10O4/c1-4(5(7)8)6(9-2)10-3/h1-3H3,(H,7,8). The van der Waals surface area contributed by atoms with E-state index in [1.807, 2.05) is 0 Å². The molecule has 0 amide bonds. The summed E-state index contributed by atoms with van der Waals surface area (Å²) in [5.74, 6) is -1.01. The lowest BCUT2D eigenvalue weighted by Gasteiger charge is -2.04. The van der Waals surface area contributed by atoms with Crippen LogP contribution in [-0.2, 0) is 14.3 Å². The number of hydrogen-bond donors (Lipinski definition) is 1. The molecule has 0 aromatic heterocycles. The molecule has 0 aromatic carbocycles. The molecular formula is C6H10O4. The summed E-state index contributed by atoms with van der Waals surface area (Å²) in [6, 6.07) is 0. The molecule has 0 atom stereocenters. The fourth-order valence-electron chi connectivity index (χ4n) is 0.477. The predicted octanol–water partition coefficient (Wildman–Crippen LogP) is 0.595. The van der Waals surface area contributed by atoms with Crippen LogP contribution in [0.15, 0.2) is 11.5 Å². The lowest BCUT2D eigenvalue weighted by atomic mass is 10.3. The van der Waals surface area contributed by atoms with Crippen LogP contribution < -0.4 is 0 Å². The second kappa shape index (κ2) is 3.76. The number of aliphatic carboxylic acids is 1. The minimum atomic E-state index is -1.04. The van der Waals surface area contributed by atoms with Crippen molar-refractivity contribution in [3.8, 4) is 0 Å². The van der Waals surface area contributed by atoms with Gasteiger partial charge in [-0.3, -0.25) is 0 Å². The van der Waals surface area contributed by atoms with Crippen LogP contribution in [0.1, 0.15) is 6.92 Å². The maximum atomic E-state index is 10.2. The van der Waals surface area contributed by atoms with Gasteiger partial charge in [-0.05, 0) is 6.92 Å². The molecule has 0 aliphatic heterocycles. The molecule has 0 rings (SSSR count). The van der Waals surface area contributed by atoms with E-state index in [0.717, 1.165) is 0 Å². The zero-order valence-electron chi connectivity index (χ0n) is 6.17. The van der Waals surface area contributed by atoms with Gasteiger partial charge in [0.1, 0.15) is 5.57 Å². The highest BCUT2D eigenvalue weighted by Gasteiger charge is 2.09. The Morgan fingerprint density at radius 3 is 1.80 bits per heavy atom. The van der Waals surface area contributed by atoms with Crippen molar-refractivity contribution in [3.63, 3.8) is 0 Å². The molecule has 0 unspecified atom stereocenters. The summed E-state index contributed by atoms with van der Waals surface area (Å²) in [5.41, 5.74) is 0.0602. The third kappa shape index (κ3) is 1.97. The van der Waals surface area contributed by atoms with Crippen LogP contribution in [0.2, 0.25) is 0 Å². The predicted molar refractivity (Wildman–Crippen MR) is 34.4 cm³/mol. The first-order valence-corrected chi connectivity index (χ1v) is 2.65. The molecule has 0 spiro atoms. The number of ether oxygens (including phenoxy) is 2. The summed E-state index contributed by atoms with van der Waals surface area (Å²) in [6.07, 6.45) is 0. The van der Waals surface area contributed by atoms with Crippen molar-refractivity contribution in [1.29, 1.82) is 0 Å². The van der Waals surface area contributed by atoms with Gasteiger partial charge >= 0.3 is 5.97 Å². The molecule has 0 aromatic rings. The van der Waals surface area contributed by atoms with Gasteiger partial charge in [0.15, 0.2) is 0 Å². The number of carboxylic acids is 1. The van der Waals surface area contributed by atoms with Crippen molar-refractivity contribution in [2.24, 2.45) is 0 Å². The lowest BCUT2D eigenvalue weighted by Crippen LogP contribution is -2.03. The summed E-state index contributed by atoms with van der Waals surface area (Å²) in [5, 5.41) is 8.40. The molecular weight excluding hydrogens is 136 g/mol. The van der Waals surface area contributed by atoms with E-state index in [1.54, 1.807) is 0 Å². The summed E-state index contributed by atoms with van der Waals surface area (Å²) >= 11 is 0. The minimum absolute atomic E-state index is 0.0347. The molecule has 0 fully saturated rings. The molecule has 0 aliphatic carbocycles. The molecule has 10 heavy (non-hydrogen) atoms. The maximum Gasteiger partial charge on any atom is 0.338 e. The molecule has 0 saturated heterocycles. The molecule has 0 heterocycles. The Hall–Kier alpha value is -1.19. The van der Waals surface area contributed by atoms with Crippen LogP contribution in [-0.4, -0.2) is 25.3 Å². The van der Waals surface area contributed by atoms with Gasteiger partial charge in [-0.1, -0.05) is 0 Å². The molecule has 0 aliphatic rings. The Morgan fingerprint density at radius 1 is 1.30 bits per heavy atom. The first-order chi connectivity index (χ1) is 4.63. The SMILES string of the molecule is COC(OC)=C(C)C(=O)O. The molecule has 4 heteroatoms. The van der Waals surface area contributed by atoms with E-state index in [-0.39, 0.29) is 11.5 Å². The van der Waals surface area contributed by atoms with Gasteiger partial charge in [-0.15, -0.1) is 0 Å². The lowest BCUT2D eigenvalue weighted by molar-refractivity contribution is -0.133. The average Bonchev–Trinajstić information content (AvgIpc) is 1.90. The Balaban J connectivity index is 4.43. The van der Waals surface area contributed by atoms with Crippen LogP contribution in [0.5, 0.6) is 0 Å². The van der Waals surface area contributed by atoms with E-state index in [2.05, 4.69) is 9.47 Å². The van der Waals surface area contributed by atoms with Crippen LogP contribution in [0, 0.1) is 0 Å². The van der Waals surface area contributed by atoms with E-state index in [0.29, 0.717) is 0 Å². The van der Waals surface area contributed by atoms with Gasteiger partial charge in [0, 0.05) is 0 Å². The molecule has 1 N–H and O–H groups in total. The fraction of sp³-hybridized carbons (Fsp3) is 0.500. The number of rotatable bonds is 3. The highest BCUT2D eigenvalue weighted by Crippen LogP contribution is 2.04. The molecule has 0 saturated carbocycles. The van der Waals surface area contributed by atoms with Gasteiger partial charge in [-0.2, -0.15) is 0 Å². The van der Waals surface area contributed by atoms with Crippen molar-refractivity contribution < 1.29 is 19.4 Å². The quantitative estimate of drug-likeness (QED) is 0.467. The van der Waals surface area contributed by atoms with Crippen molar-refractivity contribution in [1.82, 2.24) is 0 Å². The van der Waals surface area contributed by atoms with Gasteiger partial charge < -0.3 is 14.6 Å². The molecule has 4 nitrogen and oxygen atoms in total. The average molecular weight is 146 g/mol. The number of methoxy groups -OCH3 is 2. The summed E-state index contributed by atoms with van der Waals surface area (Å²) in [4.78, 5) is 10.2. The van der Waals surface area contributed by atoms with E-state index in [9.17, 15) is 4.79 Å². The summed E-state index contributed by atoms with van der Waals surface area (Å²) < 4.78 is 9.20. The monoisotopic (exact) mass is 146 g/mol. The number of carboxylic acid groups (broad SMARTS) is 1. The van der Waals surface area contributed by atoms with Gasteiger partial charge in [0.05, 0.1) is 14.2 Å². The number of hydrogen-bond acceptors (Lipinski definition) is 3. The van der Waals surface area contributed by atoms with Crippen molar-refractivity contribution in [2.75, 3.05) is 14.2 Å². The minimum Gasteiger partial charge on any atom is -0.478 e. The Kier molecular flexibility index (Phi) is 3.32. The molecule has 0 bridgehead atoms. The van der Waals surface area contributed by atoms with Crippen molar-refractivity contribution >= 4 is 5.97 Å². The maximum absolute atomic E-state index is 10.2. The molecule has 0 radical (unpaired) electrons. The van der Waals surface area contributed by atoms with Crippen LogP contribution in [0.4, 0.5) is 0 Å². The Labute approximate surface area is 59.1 Å². The van der Waals surface area contributed by atoms with E-state index in [4.69, 9.17) is 5.11 Å². The van der Waals surface area contributed by atoms with E-state index >= 15 is 0 Å².